The van der Waals surface area contributed by atoms with Gasteiger partial charge in [-0.3, -0.25) is 0 Å². The van der Waals surface area contributed by atoms with Gasteiger partial charge in [0.25, 0.3) is 10.0 Å². The van der Waals surface area contributed by atoms with E-state index in [1.54, 1.807) is 30.4 Å². The Morgan fingerprint density at radius 1 is 1.24 bits per heavy atom. The lowest BCUT2D eigenvalue weighted by molar-refractivity contribution is 0.584. The third-order valence-corrected chi connectivity index (χ3v) is 5.61. The Morgan fingerprint density at radius 3 is 2.38 bits per heavy atom. The second-order valence-electron chi connectivity index (χ2n) is 4.57. The molecule has 0 aliphatic heterocycles. The first-order valence-corrected chi connectivity index (χ1v) is 9.28. The summed E-state index contributed by atoms with van der Waals surface area (Å²) < 4.78 is 25.1. The monoisotopic (exact) mass is 386 g/mol. The summed E-state index contributed by atoms with van der Waals surface area (Å²) in [5.41, 5.74) is 1.62. The van der Waals surface area contributed by atoms with Gasteiger partial charge in [0.05, 0.1) is 10.6 Å². The van der Waals surface area contributed by atoms with E-state index in [0.717, 1.165) is 14.9 Å². The van der Waals surface area contributed by atoms with Gasteiger partial charge in [-0.15, -0.1) is 11.3 Å². The molecule has 2 rings (SSSR count). The molecule has 7 heteroatoms. The van der Waals surface area contributed by atoms with Crippen LogP contribution in [0.5, 0.6) is 0 Å². The number of halogens is 1. The van der Waals surface area contributed by atoms with Crippen molar-refractivity contribution in [3.8, 4) is 0 Å². The zero-order valence-corrected chi connectivity index (χ0v) is 15.1. The normalized spacial score (nSPS) is 12.5. The second-order valence-corrected chi connectivity index (χ2v) is 8.61. The number of aryl methyl sites for hydroxylation is 2. The van der Waals surface area contributed by atoms with E-state index >= 15 is 0 Å². The van der Waals surface area contributed by atoms with Gasteiger partial charge in [-0.2, -0.15) is 18.4 Å². The topological polar surface area (TPSA) is 58.5 Å². The van der Waals surface area contributed by atoms with Crippen LogP contribution in [-0.2, 0) is 10.0 Å². The Hall–Kier alpha value is -1.18. The van der Waals surface area contributed by atoms with Crippen molar-refractivity contribution in [3.05, 3.63) is 50.1 Å². The number of hydrazone groups is 1. The van der Waals surface area contributed by atoms with Crippen molar-refractivity contribution in [1.82, 2.24) is 4.83 Å². The minimum absolute atomic E-state index is 0.181. The Bertz CT molecular complexity index is 778. The minimum atomic E-state index is -3.64. The van der Waals surface area contributed by atoms with E-state index in [9.17, 15) is 8.42 Å². The van der Waals surface area contributed by atoms with Gasteiger partial charge in [0.2, 0.25) is 0 Å². The molecule has 0 atom stereocenters. The molecule has 21 heavy (non-hydrogen) atoms. The van der Waals surface area contributed by atoms with Crippen LogP contribution in [0.3, 0.4) is 0 Å². The fraction of sp³-hybridized carbons (Fsp3) is 0.214. The zero-order chi connectivity index (χ0) is 15.6. The zero-order valence-electron chi connectivity index (χ0n) is 11.8. The molecule has 1 N–H and O–H groups in total. The molecular weight excluding hydrogens is 372 g/mol. The Kier molecular flexibility index (Phi) is 4.85. The van der Waals surface area contributed by atoms with Gasteiger partial charge < -0.3 is 0 Å². The maximum atomic E-state index is 12.1. The third kappa shape index (κ3) is 3.93. The summed E-state index contributed by atoms with van der Waals surface area (Å²) >= 11 is 4.94. The van der Waals surface area contributed by atoms with Gasteiger partial charge in [-0.25, -0.2) is 0 Å². The van der Waals surface area contributed by atoms with Crippen LogP contribution in [-0.4, -0.2) is 14.1 Å². The number of hydrogen-bond donors (Lipinski definition) is 1. The number of nitrogens with zero attached hydrogens (tertiary/aromatic N) is 1. The molecular formula is C14H15BrN2O2S2. The fourth-order valence-electron chi connectivity index (χ4n) is 1.85. The van der Waals surface area contributed by atoms with Gasteiger partial charge in [0, 0.05) is 19.8 Å². The molecule has 0 saturated heterocycles. The molecule has 0 spiro atoms. The van der Waals surface area contributed by atoms with Crippen molar-refractivity contribution in [3.63, 3.8) is 0 Å². The van der Waals surface area contributed by atoms with Crippen molar-refractivity contribution in [2.75, 3.05) is 0 Å². The summed E-state index contributed by atoms with van der Waals surface area (Å²) in [6, 6.07) is 8.41. The quantitative estimate of drug-likeness (QED) is 0.640. The van der Waals surface area contributed by atoms with Crippen molar-refractivity contribution >= 4 is 43.0 Å². The van der Waals surface area contributed by atoms with Gasteiger partial charge in [-0.05, 0) is 51.1 Å². The molecule has 0 bridgehead atoms. The second kappa shape index (κ2) is 6.29. The lowest BCUT2D eigenvalue weighted by Gasteiger charge is -2.05. The van der Waals surface area contributed by atoms with Crippen LogP contribution in [0.15, 0.2) is 44.8 Å². The molecule has 112 valence electrons. The Labute approximate surface area is 137 Å². The van der Waals surface area contributed by atoms with Gasteiger partial charge in [-0.1, -0.05) is 15.9 Å². The highest BCUT2D eigenvalue weighted by molar-refractivity contribution is 9.10. The summed E-state index contributed by atoms with van der Waals surface area (Å²) in [6.07, 6.45) is 0. The molecule has 0 fully saturated rings. The SMILES string of the molecule is C/C(=N/NS(=O)(=O)c1ccc(Br)cc1)c1cc(C)sc1C. The van der Waals surface area contributed by atoms with Crippen LogP contribution < -0.4 is 4.83 Å². The number of thiophene rings is 1. The number of benzene rings is 1. The van der Waals surface area contributed by atoms with Crippen LogP contribution in [0.1, 0.15) is 22.2 Å². The molecule has 0 aliphatic rings. The summed E-state index contributed by atoms with van der Waals surface area (Å²) in [5.74, 6) is 0. The number of rotatable bonds is 4. The van der Waals surface area contributed by atoms with E-state index in [-0.39, 0.29) is 4.90 Å². The predicted molar refractivity (Wildman–Crippen MR) is 90.5 cm³/mol. The van der Waals surface area contributed by atoms with Crippen molar-refractivity contribution in [2.45, 2.75) is 25.7 Å². The van der Waals surface area contributed by atoms with Crippen LogP contribution in [0.25, 0.3) is 0 Å². The number of nitrogens with one attached hydrogen (secondary N) is 1. The minimum Gasteiger partial charge on any atom is -0.200 e. The Morgan fingerprint density at radius 2 is 1.86 bits per heavy atom. The molecule has 0 aliphatic carbocycles. The van der Waals surface area contributed by atoms with Crippen molar-refractivity contribution in [1.29, 1.82) is 0 Å². The number of sulfonamides is 1. The maximum absolute atomic E-state index is 12.1. The van der Waals surface area contributed by atoms with Crippen LogP contribution in [0.4, 0.5) is 0 Å². The van der Waals surface area contributed by atoms with Crippen molar-refractivity contribution in [2.24, 2.45) is 5.10 Å². The first-order chi connectivity index (χ1) is 9.79. The fourth-order valence-corrected chi connectivity index (χ4v) is 3.94. The van der Waals surface area contributed by atoms with Gasteiger partial charge >= 0.3 is 0 Å². The lowest BCUT2D eigenvalue weighted by atomic mass is 10.2. The van der Waals surface area contributed by atoms with Crippen LogP contribution >= 0.6 is 27.3 Å². The van der Waals surface area contributed by atoms with E-state index in [1.807, 2.05) is 19.9 Å². The van der Waals surface area contributed by atoms with E-state index in [4.69, 9.17) is 0 Å². The highest BCUT2D eigenvalue weighted by atomic mass is 79.9. The van der Waals surface area contributed by atoms with Gasteiger partial charge in [0.1, 0.15) is 0 Å². The molecule has 2 aromatic rings. The molecule has 1 aromatic carbocycles. The summed E-state index contributed by atoms with van der Waals surface area (Å²) in [4.78, 5) is 4.76. The number of hydrogen-bond acceptors (Lipinski definition) is 4. The average molecular weight is 387 g/mol. The van der Waals surface area contributed by atoms with Crippen molar-refractivity contribution < 1.29 is 8.42 Å². The first-order valence-electron chi connectivity index (χ1n) is 6.18. The predicted octanol–water partition coefficient (Wildman–Crippen LogP) is 3.83. The highest BCUT2D eigenvalue weighted by Gasteiger charge is 2.13. The van der Waals surface area contributed by atoms with Crippen LogP contribution in [0.2, 0.25) is 0 Å². The van der Waals surface area contributed by atoms with E-state index < -0.39 is 10.0 Å². The molecule has 0 radical (unpaired) electrons. The molecule has 0 unspecified atom stereocenters. The molecule has 1 aromatic heterocycles. The smallest absolute Gasteiger partial charge is 0.200 e. The summed E-state index contributed by atoms with van der Waals surface area (Å²) in [7, 11) is -3.64. The average Bonchev–Trinajstić information content (AvgIpc) is 2.76. The van der Waals surface area contributed by atoms with E-state index in [1.165, 1.54) is 17.0 Å². The van der Waals surface area contributed by atoms with E-state index in [0.29, 0.717) is 5.71 Å². The maximum Gasteiger partial charge on any atom is 0.276 e. The largest absolute Gasteiger partial charge is 0.276 e. The Balaban J connectivity index is 2.23. The molecule has 0 saturated carbocycles. The standard InChI is InChI=1S/C14H15BrN2O2S2/c1-9-8-14(11(3)20-9)10(2)16-17-21(18,19)13-6-4-12(15)5-7-13/h4-8,17H,1-3H3/b16-10-. The summed E-state index contributed by atoms with van der Waals surface area (Å²) in [6.45, 7) is 5.80. The lowest BCUT2D eigenvalue weighted by Crippen LogP contribution is -2.19. The van der Waals surface area contributed by atoms with E-state index in [2.05, 4.69) is 25.9 Å². The van der Waals surface area contributed by atoms with Gasteiger partial charge in [0.15, 0.2) is 0 Å². The molecule has 1 heterocycles. The first kappa shape index (κ1) is 16.2. The molecule has 0 amide bonds. The van der Waals surface area contributed by atoms with Crippen LogP contribution in [0, 0.1) is 13.8 Å². The molecule has 4 nitrogen and oxygen atoms in total. The highest BCUT2D eigenvalue weighted by Crippen LogP contribution is 2.21. The summed E-state index contributed by atoms with van der Waals surface area (Å²) in [5, 5.41) is 4.01. The third-order valence-electron chi connectivity index (χ3n) is 2.89.